The lowest BCUT2D eigenvalue weighted by atomic mass is 9.62. The van der Waals surface area contributed by atoms with E-state index in [1.54, 1.807) is 0 Å². The van der Waals surface area contributed by atoms with Crippen LogP contribution in [0.1, 0.15) is 38.5 Å². The predicted molar refractivity (Wildman–Crippen MR) is 53.8 cm³/mol. The molecule has 4 aliphatic rings. The second kappa shape index (κ2) is 2.35. The fourth-order valence-corrected chi connectivity index (χ4v) is 5.10. The van der Waals surface area contributed by atoms with Crippen LogP contribution in [-0.2, 0) is 4.74 Å². The Kier molecular flexibility index (Phi) is 1.37. The zero-order chi connectivity index (χ0) is 9.34. The van der Waals surface area contributed by atoms with E-state index in [1.807, 2.05) is 0 Å². The van der Waals surface area contributed by atoms with Crippen LogP contribution in [0.2, 0.25) is 0 Å². The van der Waals surface area contributed by atoms with E-state index >= 15 is 0 Å². The summed E-state index contributed by atoms with van der Waals surface area (Å²) < 4.78 is 6.05. The fraction of sp³-hybridized carbons (Fsp3) is 1.00. The Labute approximate surface area is 85.2 Å². The van der Waals surface area contributed by atoms with Crippen molar-refractivity contribution < 1.29 is 4.74 Å². The van der Waals surface area contributed by atoms with Crippen LogP contribution < -0.4 is 5.73 Å². The van der Waals surface area contributed by atoms with Gasteiger partial charge >= 0.3 is 0 Å². The molecule has 78 valence electrons. The normalized spacial score (nSPS) is 64.5. The third-order valence-electron chi connectivity index (χ3n) is 5.65. The van der Waals surface area contributed by atoms with Crippen LogP contribution in [0.25, 0.3) is 0 Å². The van der Waals surface area contributed by atoms with Crippen molar-refractivity contribution in [3.63, 3.8) is 0 Å². The number of rotatable bonds is 0. The highest BCUT2D eigenvalue weighted by Crippen LogP contribution is 2.65. The maximum atomic E-state index is 6.47. The summed E-state index contributed by atoms with van der Waals surface area (Å²) in [6, 6.07) is 0.469. The first-order valence-corrected chi connectivity index (χ1v) is 6.22. The highest BCUT2D eigenvalue weighted by Gasteiger charge is 2.65. The molecule has 4 fully saturated rings. The summed E-state index contributed by atoms with van der Waals surface area (Å²) in [4.78, 5) is 0. The first kappa shape index (κ1) is 8.12. The summed E-state index contributed by atoms with van der Waals surface area (Å²) >= 11 is 0. The van der Waals surface area contributed by atoms with E-state index in [2.05, 4.69) is 0 Å². The van der Waals surface area contributed by atoms with Crippen molar-refractivity contribution in [2.75, 3.05) is 0 Å². The topological polar surface area (TPSA) is 35.2 Å². The van der Waals surface area contributed by atoms with Crippen LogP contribution >= 0.6 is 0 Å². The predicted octanol–water partition coefficient (Wildman–Crippen LogP) is 1.68. The first-order chi connectivity index (χ1) is 6.80. The van der Waals surface area contributed by atoms with Crippen LogP contribution in [0.5, 0.6) is 0 Å². The van der Waals surface area contributed by atoms with Gasteiger partial charge in [0.1, 0.15) is 0 Å². The maximum Gasteiger partial charge on any atom is 0.0654 e. The van der Waals surface area contributed by atoms with Gasteiger partial charge in [0.25, 0.3) is 0 Å². The zero-order valence-electron chi connectivity index (χ0n) is 8.61. The van der Waals surface area contributed by atoms with Crippen molar-refractivity contribution in [2.45, 2.75) is 56.8 Å². The molecule has 4 rings (SSSR count). The average molecular weight is 193 g/mol. The molecule has 2 aliphatic heterocycles. The number of hydrogen-bond acceptors (Lipinski definition) is 2. The van der Waals surface area contributed by atoms with Gasteiger partial charge < -0.3 is 10.5 Å². The van der Waals surface area contributed by atoms with Crippen molar-refractivity contribution >= 4 is 0 Å². The quantitative estimate of drug-likeness (QED) is 0.635. The second-order valence-electron chi connectivity index (χ2n) is 5.94. The number of nitrogens with two attached hydrogens (primary N) is 1. The summed E-state index contributed by atoms with van der Waals surface area (Å²) in [5, 5.41) is 0. The molecule has 2 saturated carbocycles. The van der Waals surface area contributed by atoms with Crippen molar-refractivity contribution in [1.29, 1.82) is 0 Å². The van der Waals surface area contributed by atoms with Crippen molar-refractivity contribution in [3.8, 4) is 0 Å². The van der Waals surface area contributed by atoms with Crippen LogP contribution in [-0.4, -0.2) is 18.2 Å². The van der Waals surface area contributed by atoms with Crippen LogP contribution in [0, 0.1) is 17.3 Å². The smallest absolute Gasteiger partial charge is 0.0654 e. The van der Waals surface area contributed by atoms with E-state index in [-0.39, 0.29) is 0 Å². The Bertz CT molecular complexity index is 268. The molecule has 0 amide bonds. The number of hydrogen-bond donors (Lipinski definition) is 1. The lowest BCUT2D eigenvalue weighted by molar-refractivity contribution is 0.0185. The highest BCUT2D eigenvalue weighted by atomic mass is 16.5. The average Bonchev–Trinajstić information content (AvgIpc) is 2.91. The fourth-order valence-electron chi connectivity index (χ4n) is 5.10. The van der Waals surface area contributed by atoms with Gasteiger partial charge in [0.2, 0.25) is 0 Å². The van der Waals surface area contributed by atoms with E-state index in [1.165, 1.54) is 38.5 Å². The Hall–Kier alpha value is -0.0800. The molecule has 0 aromatic heterocycles. The molecule has 2 heteroatoms. The van der Waals surface area contributed by atoms with Gasteiger partial charge in [-0.1, -0.05) is 0 Å². The highest BCUT2D eigenvalue weighted by molar-refractivity contribution is 5.16. The lowest BCUT2D eigenvalue weighted by Gasteiger charge is -2.43. The molecule has 4 bridgehead atoms. The summed E-state index contributed by atoms with van der Waals surface area (Å²) in [5.41, 5.74) is 6.90. The maximum absolute atomic E-state index is 6.47. The van der Waals surface area contributed by atoms with E-state index in [0.29, 0.717) is 23.7 Å². The Morgan fingerprint density at radius 1 is 1.14 bits per heavy atom. The Morgan fingerprint density at radius 3 is 2.64 bits per heavy atom. The molecule has 2 N–H and O–H groups in total. The molecule has 2 heterocycles. The minimum absolute atomic E-state index is 0.436. The van der Waals surface area contributed by atoms with Crippen LogP contribution in [0.3, 0.4) is 0 Å². The molecule has 2 nitrogen and oxygen atoms in total. The van der Waals surface area contributed by atoms with Gasteiger partial charge in [-0.2, -0.15) is 0 Å². The van der Waals surface area contributed by atoms with E-state index in [4.69, 9.17) is 10.5 Å². The van der Waals surface area contributed by atoms with Gasteiger partial charge in [-0.05, 0) is 50.4 Å². The van der Waals surface area contributed by atoms with Gasteiger partial charge in [-0.15, -0.1) is 0 Å². The summed E-state index contributed by atoms with van der Waals surface area (Å²) in [5.74, 6) is 1.75. The number of fused-ring (bicyclic) bond motifs is 6. The van der Waals surface area contributed by atoms with Crippen LogP contribution in [0.4, 0.5) is 0 Å². The van der Waals surface area contributed by atoms with Gasteiger partial charge in [0.15, 0.2) is 0 Å². The first-order valence-electron chi connectivity index (χ1n) is 6.22. The molecule has 0 aromatic carbocycles. The molecule has 2 saturated heterocycles. The lowest BCUT2D eigenvalue weighted by Crippen LogP contribution is -2.51. The third kappa shape index (κ3) is 0.704. The molecule has 14 heavy (non-hydrogen) atoms. The van der Waals surface area contributed by atoms with Crippen molar-refractivity contribution in [3.05, 3.63) is 0 Å². The van der Waals surface area contributed by atoms with Crippen LogP contribution in [0.15, 0.2) is 0 Å². The minimum atomic E-state index is 0.436. The van der Waals surface area contributed by atoms with E-state index in [9.17, 15) is 0 Å². The Morgan fingerprint density at radius 2 is 2.07 bits per heavy atom. The van der Waals surface area contributed by atoms with E-state index in [0.717, 1.165) is 11.8 Å². The third-order valence-corrected chi connectivity index (χ3v) is 5.65. The SMILES string of the molecule is N[C@H]1[C@H]2CC[C@H](C2)C12CC1CC[C@@H]2O1. The summed E-state index contributed by atoms with van der Waals surface area (Å²) in [6.45, 7) is 0. The standard InChI is InChI=1S/C12H19NO/c13-11-7-1-2-8(5-7)12(11)6-9-3-4-10(12)14-9/h7-11H,1-6,13H2/t7-,8+,9?,10-,11-,12?/m0/s1. The summed E-state index contributed by atoms with van der Waals surface area (Å²) in [6.07, 6.45) is 9.24. The van der Waals surface area contributed by atoms with Crippen molar-refractivity contribution in [2.24, 2.45) is 23.0 Å². The molecule has 1 spiro atoms. The second-order valence-corrected chi connectivity index (χ2v) is 5.94. The van der Waals surface area contributed by atoms with Gasteiger partial charge in [0.05, 0.1) is 12.2 Å². The van der Waals surface area contributed by atoms with Crippen molar-refractivity contribution in [1.82, 2.24) is 0 Å². The molecule has 2 aliphatic carbocycles. The molecule has 6 atom stereocenters. The van der Waals surface area contributed by atoms with Gasteiger partial charge in [-0.3, -0.25) is 0 Å². The molecular formula is C12H19NO. The molecule has 2 unspecified atom stereocenters. The van der Waals surface area contributed by atoms with Gasteiger partial charge in [0, 0.05) is 11.5 Å². The Balaban J connectivity index is 1.76. The van der Waals surface area contributed by atoms with Gasteiger partial charge in [-0.25, -0.2) is 0 Å². The molecule has 0 radical (unpaired) electrons. The largest absolute Gasteiger partial charge is 0.374 e. The minimum Gasteiger partial charge on any atom is -0.374 e. The summed E-state index contributed by atoms with van der Waals surface area (Å²) in [7, 11) is 0. The monoisotopic (exact) mass is 193 g/mol. The molecular weight excluding hydrogens is 174 g/mol. The zero-order valence-corrected chi connectivity index (χ0v) is 8.61. The number of ether oxygens (including phenoxy) is 1. The van der Waals surface area contributed by atoms with E-state index < -0.39 is 0 Å². The molecule has 0 aromatic rings.